The lowest BCUT2D eigenvalue weighted by Crippen LogP contribution is -1.80. The van der Waals surface area contributed by atoms with Gasteiger partial charge < -0.3 is 9.51 Å². The smallest absolute Gasteiger partial charge is 0.156 e. The van der Waals surface area contributed by atoms with Crippen molar-refractivity contribution in [3.05, 3.63) is 53.8 Å². The van der Waals surface area contributed by atoms with Crippen LogP contribution in [0, 0.1) is 0 Å². The molecule has 3 aromatic rings. The maximum absolute atomic E-state index is 9.24. The lowest BCUT2D eigenvalue weighted by Gasteiger charge is -1.95. The fourth-order valence-electron chi connectivity index (χ4n) is 1.75. The average molecular weight is 245 g/mol. The summed E-state index contributed by atoms with van der Waals surface area (Å²) in [5.74, 6) is 0.246. The lowest BCUT2D eigenvalue weighted by molar-refractivity contribution is 0.475. The number of nitrogens with zero attached hydrogens (tertiary/aromatic N) is 2. The molecule has 2 aromatic heterocycles. The Kier molecular flexibility index (Phi) is 2.27. The van der Waals surface area contributed by atoms with E-state index in [4.69, 9.17) is 11.6 Å². The molecule has 0 radical (unpaired) electrons. The van der Waals surface area contributed by atoms with Gasteiger partial charge in [0.2, 0.25) is 0 Å². The van der Waals surface area contributed by atoms with Crippen LogP contribution in [0.3, 0.4) is 0 Å². The van der Waals surface area contributed by atoms with Crippen LogP contribution in [0.5, 0.6) is 5.75 Å². The molecule has 0 saturated carbocycles. The van der Waals surface area contributed by atoms with E-state index in [2.05, 4.69) is 4.98 Å². The van der Waals surface area contributed by atoms with Crippen molar-refractivity contribution in [2.24, 2.45) is 0 Å². The third-order valence-electron chi connectivity index (χ3n) is 2.60. The molecular formula is C13H9ClN2O. The zero-order chi connectivity index (χ0) is 11.8. The van der Waals surface area contributed by atoms with Gasteiger partial charge >= 0.3 is 0 Å². The second-order valence-corrected chi connectivity index (χ2v) is 4.17. The molecule has 0 aliphatic rings. The second-order valence-electron chi connectivity index (χ2n) is 3.76. The van der Waals surface area contributed by atoms with Crippen LogP contribution in [-0.4, -0.2) is 14.5 Å². The van der Waals surface area contributed by atoms with E-state index in [1.54, 1.807) is 12.1 Å². The normalized spacial score (nSPS) is 10.9. The van der Waals surface area contributed by atoms with Gasteiger partial charge in [0.05, 0.1) is 10.7 Å². The summed E-state index contributed by atoms with van der Waals surface area (Å²) in [5, 5.41) is 9.86. The summed E-state index contributed by atoms with van der Waals surface area (Å²) >= 11 is 6.06. The molecule has 0 aliphatic carbocycles. The quantitative estimate of drug-likeness (QED) is 0.713. The van der Waals surface area contributed by atoms with Gasteiger partial charge in [-0.15, -0.1) is 0 Å². The molecule has 17 heavy (non-hydrogen) atoms. The predicted molar refractivity (Wildman–Crippen MR) is 67.3 cm³/mol. The summed E-state index contributed by atoms with van der Waals surface area (Å²) < 4.78 is 1.88. The zero-order valence-electron chi connectivity index (χ0n) is 8.84. The van der Waals surface area contributed by atoms with Gasteiger partial charge in [-0.1, -0.05) is 11.6 Å². The first-order valence-electron chi connectivity index (χ1n) is 5.17. The molecule has 0 unspecified atom stereocenters. The molecule has 1 N–H and O–H groups in total. The molecule has 4 heteroatoms. The van der Waals surface area contributed by atoms with E-state index >= 15 is 0 Å². The molecule has 3 rings (SSSR count). The van der Waals surface area contributed by atoms with Crippen molar-refractivity contribution >= 4 is 17.2 Å². The van der Waals surface area contributed by atoms with Crippen molar-refractivity contribution in [1.29, 1.82) is 0 Å². The molecule has 0 spiro atoms. The Labute approximate surface area is 103 Å². The monoisotopic (exact) mass is 244 g/mol. The van der Waals surface area contributed by atoms with Crippen LogP contribution in [0.4, 0.5) is 0 Å². The van der Waals surface area contributed by atoms with Gasteiger partial charge in [0.25, 0.3) is 0 Å². The number of phenols is 1. The van der Waals surface area contributed by atoms with E-state index in [-0.39, 0.29) is 5.75 Å². The average Bonchev–Trinajstić information content (AvgIpc) is 2.75. The Morgan fingerprint density at radius 2 is 1.88 bits per heavy atom. The Morgan fingerprint density at radius 3 is 2.59 bits per heavy atom. The fraction of sp³-hybridized carbons (Fsp3) is 0. The summed E-state index contributed by atoms with van der Waals surface area (Å²) in [4.78, 5) is 4.46. The van der Waals surface area contributed by atoms with E-state index < -0.39 is 0 Å². The molecule has 3 nitrogen and oxygen atoms in total. The van der Waals surface area contributed by atoms with Crippen molar-refractivity contribution in [3.63, 3.8) is 0 Å². The standard InChI is InChI=1S/C13H9ClN2O/c14-11-2-1-7-16-8-12(15-13(11)16)9-3-5-10(17)6-4-9/h1-8,17H. The highest BCUT2D eigenvalue weighted by Crippen LogP contribution is 2.24. The van der Waals surface area contributed by atoms with Crippen molar-refractivity contribution in [2.45, 2.75) is 0 Å². The van der Waals surface area contributed by atoms with Gasteiger partial charge in [-0.05, 0) is 36.4 Å². The number of aromatic hydroxyl groups is 1. The molecule has 0 bridgehead atoms. The van der Waals surface area contributed by atoms with Crippen LogP contribution in [0.25, 0.3) is 16.9 Å². The summed E-state index contributed by atoms with van der Waals surface area (Å²) in [6.45, 7) is 0. The molecule has 0 saturated heterocycles. The molecule has 0 aliphatic heterocycles. The topological polar surface area (TPSA) is 37.5 Å². The third kappa shape index (κ3) is 1.74. The predicted octanol–water partition coefficient (Wildman–Crippen LogP) is 3.36. The number of hydrogen-bond donors (Lipinski definition) is 1. The van der Waals surface area contributed by atoms with Crippen molar-refractivity contribution in [1.82, 2.24) is 9.38 Å². The van der Waals surface area contributed by atoms with Crippen molar-refractivity contribution < 1.29 is 5.11 Å². The van der Waals surface area contributed by atoms with Gasteiger partial charge in [0.1, 0.15) is 5.75 Å². The Morgan fingerprint density at radius 1 is 1.12 bits per heavy atom. The molecule has 1 aromatic carbocycles. The van der Waals surface area contributed by atoms with E-state index in [0.29, 0.717) is 5.02 Å². The van der Waals surface area contributed by atoms with E-state index in [9.17, 15) is 5.11 Å². The van der Waals surface area contributed by atoms with Crippen LogP contribution in [-0.2, 0) is 0 Å². The highest BCUT2D eigenvalue weighted by molar-refractivity contribution is 6.33. The number of imidazole rings is 1. The number of benzene rings is 1. The number of phenolic OH excluding ortho intramolecular Hbond substituents is 1. The zero-order valence-corrected chi connectivity index (χ0v) is 9.59. The van der Waals surface area contributed by atoms with Gasteiger partial charge in [-0.2, -0.15) is 0 Å². The van der Waals surface area contributed by atoms with Gasteiger partial charge in [-0.3, -0.25) is 0 Å². The largest absolute Gasteiger partial charge is 0.508 e. The Hall–Kier alpha value is -2.00. The number of aromatic nitrogens is 2. The van der Waals surface area contributed by atoms with E-state index in [0.717, 1.165) is 16.9 Å². The number of halogens is 1. The highest BCUT2D eigenvalue weighted by atomic mass is 35.5. The maximum atomic E-state index is 9.24. The number of fused-ring (bicyclic) bond motifs is 1. The third-order valence-corrected chi connectivity index (χ3v) is 2.89. The van der Waals surface area contributed by atoms with Crippen molar-refractivity contribution in [3.8, 4) is 17.0 Å². The molecular weight excluding hydrogens is 236 g/mol. The molecule has 0 atom stereocenters. The molecule has 0 fully saturated rings. The lowest BCUT2D eigenvalue weighted by atomic mass is 10.2. The first-order valence-corrected chi connectivity index (χ1v) is 5.54. The number of hydrogen-bond acceptors (Lipinski definition) is 2. The first kappa shape index (κ1) is 10.2. The minimum Gasteiger partial charge on any atom is -0.508 e. The van der Waals surface area contributed by atoms with Gasteiger partial charge in [0.15, 0.2) is 5.65 Å². The number of pyridine rings is 1. The van der Waals surface area contributed by atoms with Crippen LogP contribution in [0.15, 0.2) is 48.8 Å². The van der Waals surface area contributed by atoms with E-state index in [1.807, 2.05) is 41.1 Å². The van der Waals surface area contributed by atoms with Crippen molar-refractivity contribution in [2.75, 3.05) is 0 Å². The molecule has 2 heterocycles. The van der Waals surface area contributed by atoms with Crippen LogP contribution >= 0.6 is 11.6 Å². The first-order chi connectivity index (χ1) is 8.24. The van der Waals surface area contributed by atoms with Crippen LogP contribution in [0.1, 0.15) is 0 Å². The number of rotatable bonds is 1. The summed E-state index contributed by atoms with van der Waals surface area (Å²) in [7, 11) is 0. The summed E-state index contributed by atoms with van der Waals surface area (Å²) in [6, 6.07) is 10.6. The van der Waals surface area contributed by atoms with Gasteiger partial charge in [0, 0.05) is 18.0 Å². The molecule has 84 valence electrons. The second kappa shape index (κ2) is 3.79. The van der Waals surface area contributed by atoms with Crippen LogP contribution < -0.4 is 0 Å². The summed E-state index contributed by atoms with van der Waals surface area (Å²) in [5.41, 5.74) is 2.51. The Balaban J connectivity index is 2.18. The highest BCUT2D eigenvalue weighted by Gasteiger charge is 2.06. The SMILES string of the molecule is Oc1ccc(-c2cn3cccc(Cl)c3n2)cc1. The summed E-state index contributed by atoms with van der Waals surface area (Å²) in [6.07, 6.45) is 3.81. The Bertz CT molecular complexity index is 673. The minimum atomic E-state index is 0.246. The van der Waals surface area contributed by atoms with E-state index in [1.165, 1.54) is 0 Å². The van der Waals surface area contributed by atoms with Gasteiger partial charge in [-0.25, -0.2) is 4.98 Å². The molecule has 0 amide bonds. The minimum absolute atomic E-state index is 0.246. The maximum Gasteiger partial charge on any atom is 0.156 e. The van der Waals surface area contributed by atoms with Crippen LogP contribution in [0.2, 0.25) is 5.02 Å². The fourth-order valence-corrected chi connectivity index (χ4v) is 1.96.